The standard InChI is InChI=1S/C40H41N3O5/c1-2-10-28-24-32-38(40(48)43(39(32)47)31-19-17-30(18-20-31)42-29-12-4-3-5-13-29)33(25-44)37(28)36(46)21-16-26(34-14-8-9-22-41-34)23-27-11-6-7-15-35(27)45/h3-9,11-15,17-20,22-23,32-33,36,38,42,44-46H,2,10,16,21,24-25H2,1H3/b26-23-/t32-,33+,36-,38-/m1/s1. The van der Waals surface area contributed by atoms with Gasteiger partial charge in [0.2, 0.25) is 11.8 Å². The predicted molar refractivity (Wildman–Crippen MR) is 188 cm³/mol. The number of para-hydroxylation sites is 2. The number of aliphatic hydroxyl groups is 2. The van der Waals surface area contributed by atoms with E-state index in [0.29, 0.717) is 42.5 Å². The molecule has 0 bridgehead atoms. The van der Waals surface area contributed by atoms with Crippen LogP contribution in [0.2, 0.25) is 0 Å². The van der Waals surface area contributed by atoms with Gasteiger partial charge in [-0.3, -0.25) is 19.5 Å². The molecule has 8 heteroatoms. The molecule has 4 N–H and O–H groups in total. The Bertz CT molecular complexity index is 1800. The van der Waals surface area contributed by atoms with Crippen LogP contribution in [0.4, 0.5) is 17.1 Å². The maximum atomic E-state index is 14.0. The molecule has 0 radical (unpaired) electrons. The van der Waals surface area contributed by atoms with Crippen LogP contribution in [-0.4, -0.2) is 44.8 Å². The monoisotopic (exact) mass is 643 g/mol. The molecule has 246 valence electrons. The van der Waals surface area contributed by atoms with Crippen LogP contribution in [-0.2, 0) is 9.59 Å². The lowest BCUT2D eigenvalue weighted by atomic mass is 9.67. The number of carbonyl (C=O) groups is 2. The van der Waals surface area contributed by atoms with E-state index in [9.17, 15) is 24.9 Å². The largest absolute Gasteiger partial charge is 0.507 e. The fourth-order valence-corrected chi connectivity index (χ4v) is 7.21. The molecular weight excluding hydrogens is 602 g/mol. The van der Waals surface area contributed by atoms with Crippen LogP contribution in [0.25, 0.3) is 11.6 Å². The Labute approximate surface area is 281 Å². The Balaban J connectivity index is 1.25. The first-order valence-corrected chi connectivity index (χ1v) is 16.6. The molecule has 4 aromatic rings. The third-order valence-electron chi connectivity index (χ3n) is 9.43. The van der Waals surface area contributed by atoms with Crippen molar-refractivity contribution < 1.29 is 24.9 Å². The van der Waals surface area contributed by atoms with Crippen LogP contribution in [0, 0.1) is 17.8 Å². The van der Waals surface area contributed by atoms with Gasteiger partial charge in [0.25, 0.3) is 0 Å². The van der Waals surface area contributed by atoms with Crippen molar-refractivity contribution in [2.75, 3.05) is 16.8 Å². The maximum Gasteiger partial charge on any atom is 0.238 e. The van der Waals surface area contributed by atoms with E-state index in [1.54, 1.807) is 30.5 Å². The lowest BCUT2D eigenvalue weighted by molar-refractivity contribution is -0.123. The van der Waals surface area contributed by atoms with E-state index in [1.807, 2.05) is 85.8 Å². The van der Waals surface area contributed by atoms with Crippen molar-refractivity contribution in [3.8, 4) is 5.75 Å². The summed E-state index contributed by atoms with van der Waals surface area (Å²) in [7, 11) is 0. The predicted octanol–water partition coefficient (Wildman–Crippen LogP) is 7.13. The molecule has 2 amide bonds. The van der Waals surface area contributed by atoms with Gasteiger partial charge in [0.15, 0.2) is 0 Å². The summed E-state index contributed by atoms with van der Waals surface area (Å²) in [5.74, 6) is -2.50. The Morgan fingerprint density at radius 3 is 2.33 bits per heavy atom. The molecule has 8 nitrogen and oxygen atoms in total. The summed E-state index contributed by atoms with van der Waals surface area (Å²) in [6.45, 7) is 1.69. The van der Waals surface area contributed by atoms with E-state index in [1.165, 1.54) is 4.90 Å². The highest BCUT2D eigenvalue weighted by atomic mass is 16.3. The maximum absolute atomic E-state index is 14.0. The van der Waals surface area contributed by atoms with Gasteiger partial charge in [-0.25, -0.2) is 0 Å². The molecule has 0 spiro atoms. The first kappa shape index (κ1) is 32.9. The summed E-state index contributed by atoms with van der Waals surface area (Å²) in [6.07, 6.45) is 5.22. The number of allylic oxidation sites excluding steroid dienone is 2. The number of aliphatic hydroxyl groups excluding tert-OH is 2. The van der Waals surface area contributed by atoms with E-state index >= 15 is 0 Å². The van der Waals surface area contributed by atoms with E-state index in [0.717, 1.165) is 34.6 Å². The molecule has 0 saturated carbocycles. The van der Waals surface area contributed by atoms with Crippen molar-refractivity contribution in [3.63, 3.8) is 0 Å². The fourth-order valence-electron chi connectivity index (χ4n) is 7.21. The van der Waals surface area contributed by atoms with Crippen molar-refractivity contribution >= 4 is 40.5 Å². The van der Waals surface area contributed by atoms with Crippen molar-refractivity contribution in [1.82, 2.24) is 4.98 Å². The highest BCUT2D eigenvalue weighted by molar-refractivity contribution is 6.22. The molecule has 1 saturated heterocycles. The molecule has 48 heavy (non-hydrogen) atoms. The van der Waals surface area contributed by atoms with Gasteiger partial charge in [0, 0.05) is 29.1 Å². The Morgan fingerprint density at radius 2 is 1.65 bits per heavy atom. The summed E-state index contributed by atoms with van der Waals surface area (Å²) in [4.78, 5) is 33.7. The number of carbonyl (C=O) groups excluding carboxylic acids is 2. The topological polar surface area (TPSA) is 123 Å². The minimum absolute atomic E-state index is 0.147. The number of aromatic nitrogens is 1. The van der Waals surface area contributed by atoms with Gasteiger partial charge >= 0.3 is 0 Å². The van der Waals surface area contributed by atoms with Gasteiger partial charge in [-0.1, -0.05) is 61.4 Å². The SMILES string of the molecule is CCCC1=C([C@H](O)CC/C(=C/c2ccccc2O)c2ccccn2)[C@H](CO)[C@@H]2C(=O)N(c3ccc(Nc4ccccc4)cc3)C(=O)[C@@H]2C1. The minimum atomic E-state index is -0.943. The molecule has 0 unspecified atom stereocenters. The number of amides is 2. The molecule has 1 aromatic heterocycles. The number of benzene rings is 3. The summed E-state index contributed by atoms with van der Waals surface area (Å²) >= 11 is 0. The van der Waals surface area contributed by atoms with Crippen molar-refractivity contribution in [3.05, 3.63) is 126 Å². The Morgan fingerprint density at radius 1 is 0.938 bits per heavy atom. The highest BCUT2D eigenvalue weighted by Crippen LogP contribution is 2.48. The van der Waals surface area contributed by atoms with E-state index in [4.69, 9.17) is 0 Å². The van der Waals surface area contributed by atoms with Crippen LogP contribution >= 0.6 is 0 Å². The zero-order valence-corrected chi connectivity index (χ0v) is 27.0. The number of anilines is 3. The van der Waals surface area contributed by atoms with Crippen LogP contribution in [0.3, 0.4) is 0 Å². The van der Waals surface area contributed by atoms with E-state index in [-0.39, 0.29) is 24.2 Å². The van der Waals surface area contributed by atoms with Crippen LogP contribution < -0.4 is 10.2 Å². The fraction of sp³-hybridized carbons (Fsp3) is 0.275. The first-order chi connectivity index (χ1) is 23.4. The molecule has 1 aliphatic carbocycles. The lowest BCUT2D eigenvalue weighted by Crippen LogP contribution is -2.39. The van der Waals surface area contributed by atoms with Gasteiger partial charge in [0.05, 0.1) is 35.9 Å². The minimum Gasteiger partial charge on any atom is -0.507 e. The molecular formula is C40H41N3O5. The first-order valence-electron chi connectivity index (χ1n) is 16.6. The third-order valence-corrected chi connectivity index (χ3v) is 9.43. The van der Waals surface area contributed by atoms with Crippen LogP contribution in [0.15, 0.2) is 114 Å². The van der Waals surface area contributed by atoms with Crippen molar-refractivity contribution in [1.29, 1.82) is 0 Å². The number of rotatable bonds is 12. The van der Waals surface area contributed by atoms with Crippen molar-refractivity contribution in [2.45, 2.75) is 45.1 Å². The molecule has 4 atom stereocenters. The van der Waals surface area contributed by atoms with Gasteiger partial charge in [0.1, 0.15) is 5.75 Å². The number of nitrogens with zero attached hydrogens (tertiary/aromatic N) is 2. The number of phenols is 1. The zero-order chi connectivity index (χ0) is 33.6. The molecule has 3 aromatic carbocycles. The van der Waals surface area contributed by atoms with E-state index < -0.39 is 23.9 Å². The van der Waals surface area contributed by atoms with Gasteiger partial charge in [-0.05, 0) is 97.5 Å². The van der Waals surface area contributed by atoms with E-state index in [2.05, 4.69) is 10.3 Å². The molecule has 1 fully saturated rings. The number of hydrogen-bond donors (Lipinski definition) is 4. The molecule has 1 aliphatic heterocycles. The average molecular weight is 644 g/mol. The summed E-state index contributed by atoms with van der Waals surface area (Å²) < 4.78 is 0. The quantitative estimate of drug-likeness (QED) is 0.0957. The number of hydrogen-bond acceptors (Lipinski definition) is 7. The number of pyridine rings is 1. The number of nitrogens with one attached hydrogen (secondary N) is 1. The number of phenolic OH excluding ortho intramolecular Hbond substituents is 1. The smallest absolute Gasteiger partial charge is 0.238 e. The normalized spacial score (nSPS) is 20.2. The number of fused-ring (bicyclic) bond motifs is 1. The van der Waals surface area contributed by atoms with Crippen molar-refractivity contribution in [2.24, 2.45) is 17.8 Å². The number of aromatic hydroxyl groups is 1. The lowest BCUT2D eigenvalue weighted by Gasteiger charge is -2.36. The summed E-state index contributed by atoms with van der Waals surface area (Å²) in [6, 6.07) is 29.6. The summed E-state index contributed by atoms with van der Waals surface area (Å²) in [5, 5.41) is 36.4. The molecule has 2 heterocycles. The molecule has 2 aliphatic rings. The Hall–Kier alpha value is -5.05. The third kappa shape index (κ3) is 6.81. The zero-order valence-electron chi connectivity index (χ0n) is 27.0. The second kappa shape index (κ2) is 14.8. The second-order valence-electron chi connectivity index (χ2n) is 12.5. The average Bonchev–Trinajstić information content (AvgIpc) is 3.36. The highest BCUT2D eigenvalue weighted by Gasteiger charge is 2.55. The van der Waals surface area contributed by atoms with Crippen LogP contribution in [0.1, 0.15) is 50.3 Å². The summed E-state index contributed by atoms with van der Waals surface area (Å²) in [5.41, 5.74) is 6.08. The number of imide groups is 1. The molecule has 6 rings (SSSR count). The second-order valence-corrected chi connectivity index (χ2v) is 12.5. The van der Waals surface area contributed by atoms with Gasteiger partial charge in [-0.2, -0.15) is 0 Å². The van der Waals surface area contributed by atoms with Crippen LogP contribution in [0.5, 0.6) is 5.75 Å². The van der Waals surface area contributed by atoms with Gasteiger partial charge in [-0.15, -0.1) is 0 Å². The Kier molecular flexibility index (Phi) is 10.1. The van der Waals surface area contributed by atoms with Gasteiger partial charge < -0.3 is 20.6 Å².